The van der Waals surface area contributed by atoms with Crippen molar-refractivity contribution in [1.29, 1.82) is 0 Å². The van der Waals surface area contributed by atoms with E-state index >= 15 is 0 Å². The Kier molecular flexibility index (Phi) is 23.8. The van der Waals surface area contributed by atoms with Gasteiger partial charge in [0.2, 0.25) is 0 Å². The minimum Gasteiger partial charge on any atom is -0.397 e. The maximum absolute atomic E-state index is 5.73. The second kappa shape index (κ2) is 23.9. The summed E-state index contributed by atoms with van der Waals surface area (Å²) >= 11 is 0. The van der Waals surface area contributed by atoms with Crippen molar-refractivity contribution in [3.63, 3.8) is 0 Å². The van der Waals surface area contributed by atoms with Gasteiger partial charge in [-0.3, -0.25) is 0 Å². The smallest absolute Gasteiger partial charge is 0.321 e. The molecule has 0 unspecified atom stereocenters. The standard InChI is InChI=1S/C24H50O2Si/c1-4-7-8-9-10-11-12-13-14-15-16-17-18-19-20-21-22-23-24-27(25-5-2)26-6-3/h4,27H,1,5-24H2,2-3H3. The maximum Gasteiger partial charge on any atom is 0.321 e. The summed E-state index contributed by atoms with van der Waals surface area (Å²) in [6.07, 6.45) is 25.9. The molecule has 3 heteroatoms. The molecule has 0 saturated heterocycles. The van der Waals surface area contributed by atoms with Crippen molar-refractivity contribution < 1.29 is 8.85 Å². The molecule has 0 aromatic carbocycles. The molecular weight excluding hydrogens is 348 g/mol. The average Bonchev–Trinajstić information content (AvgIpc) is 2.67. The van der Waals surface area contributed by atoms with Crippen molar-refractivity contribution in [2.24, 2.45) is 0 Å². The van der Waals surface area contributed by atoms with Gasteiger partial charge in [0.25, 0.3) is 0 Å². The highest BCUT2D eigenvalue weighted by atomic mass is 28.3. The van der Waals surface area contributed by atoms with Gasteiger partial charge in [-0.25, -0.2) is 0 Å². The molecule has 0 saturated carbocycles. The Bertz CT molecular complexity index is 278. The summed E-state index contributed by atoms with van der Waals surface area (Å²) in [7, 11) is -1.33. The third-order valence-electron chi connectivity index (χ3n) is 5.30. The van der Waals surface area contributed by atoms with E-state index in [4.69, 9.17) is 8.85 Å². The molecule has 0 heterocycles. The molecule has 0 aliphatic heterocycles. The van der Waals surface area contributed by atoms with Gasteiger partial charge in [0.1, 0.15) is 0 Å². The average molecular weight is 399 g/mol. The minimum atomic E-state index is -1.33. The van der Waals surface area contributed by atoms with E-state index in [2.05, 4.69) is 20.4 Å². The molecule has 0 aromatic rings. The fourth-order valence-corrected chi connectivity index (χ4v) is 5.46. The summed E-state index contributed by atoms with van der Waals surface area (Å²) < 4.78 is 11.5. The third-order valence-corrected chi connectivity index (χ3v) is 7.59. The number of hydrogen-bond donors (Lipinski definition) is 0. The van der Waals surface area contributed by atoms with Crippen molar-refractivity contribution in [3.05, 3.63) is 12.7 Å². The van der Waals surface area contributed by atoms with Crippen LogP contribution in [0, 0.1) is 0 Å². The molecule has 162 valence electrons. The lowest BCUT2D eigenvalue weighted by Gasteiger charge is -2.14. The molecule has 0 N–H and O–H groups in total. The second-order valence-electron chi connectivity index (χ2n) is 7.86. The van der Waals surface area contributed by atoms with Crippen molar-refractivity contribution >= 4 is 9.28 Å². The van der Waals surface area contributed by atoms with E-state index in [1.54, 1.807) is 0 Å². The molecule has 0 bridgehead atoms. The molecule has 0 atom stereocenters. The fraction of sp³-hybridized carbons (Fsp3) is 0.917. The first-order valence-electron chi connectivity index (χ1n) is 12.2. The van der Waals surface area contributed by atoms with Crippen molar-refractivity contribution in [1.82, 2.24) is 0 Å². The van der Waals surface area contributed by atoms with Gasteiger partial charge in [-0.15, -0.1) is 6.58 Å². The van der Waals surface area contributed by atoms with Crippen LogP contribution < -0.4 is 0 Å². The van der Waals surface area contributed by atoms with E-state index in [-0.39, 0.29) is 0 Å². The maximum atomic E-state index is 5.73. The number of unbranched alkanes of at least 4 members (excludes halogenated alkanes) is 16. The van der Waals surface area contributed by atoms with Gasteiger partial charge in [0.05, 0.1) is 0 Å². The van der Waals surface area contributed by atoms with Crippen LogP contribution in [-0.2, 0) is 8.85 Å². The van der Waals surface area contributed by atoms with Crippen molar-refractivity contribution in [2.75, 3.05) is 13.2 Å². The van der Waals surface area contributed by atoms with Crippen LogP contribution in [0.2, 0.25) is 6.04 Å². The summed E-state index contributed by atoms with van der Waals surface area (Å²) in [5, 5.41) is 0. The first-order chi connectivity index (χ1) is 13.3. The summed E-state index contributed by atoms with van der Waals surface area (Å²) in [6.45, 7) is 9.56. The lowest BCUT2D eigenvalue weighted by molar-refractivity contribution is 0.212. The summed E-state index contributed by atoms with van der Waals surface area (Å²) in [4.78, 5) is 0. The van der Waals surface area contributed by atoms with E-state index in [9.17, 15) is 0 Å². The molecule has 0 aliphatic rings. The van der Waals surface area contributed by atoms with Crippen LogP contribution in [0.15, 0.2) is 12.7 Å². The lowest BCUT2D eigenvalue weighted by atomic mass is 10.0. The predicted molar refractivity (Wildman–Crippen MR) is 124 cm³/mol. The molecule has 0 aliphatic carbocycles. The second-order valence-corrected chi connectivity index (χ2v) is 9.97. The van der Waals surface area contributed by atoms with E-state index in [0.717, 1.165) is 13.2 Å². The highest BCUT2D eigenvalue weighted by molar-refractivity contribution is 6.44. The van der Waals surface area contributed by atoms with Crippen LogP contribution in [0.5, 0.6) is 0 Å². The molecular formula is C24H50O2Si. The Morgan fingerprint density at radius 3 is 1.22 bits per heavy atom. The van der Waals surface area contributed by atoms with Gasteiger partial charge in [0, 0.05) is 13.2 Å². The van der Waals surface area contributed by atoms with Crippen LogP contribution in [0.25, 0.3) is 0 Å². The fourth-order valence-electron chi connectivity index (χ4n) is 3.66. The molecule has 0 spiro atoms. The van der Waals surface area contributed by atoms with Crippen LogP contribution in [0.3, 0.4) is 0 Å². The molecule has 0 amide bonds. The Morgan fingerprint density at radius 2 is 0.889 bits per heavy atom. The van der Waals surface area contributed by atoms with Crippen LogP contribution in [0.1, 0.15) is 123 Å². The monoisotopic (exact) mass is 398 g/mol. The van der Waals surface area contributed by atoms with E-state index in [1.807, 2.05) is 6.08 Å². The highest BCUT2D eigenvalue weighted by Gasteiger charge is 2.10. The quantitative estimate of drug-likeness (QED) is 0.0983. The SMILES string of the molecule is C=CCCCCCCCCCCCCCCCCCC[SiH](OCC)OCC. The van der Waals surface area contributed by atoms with Gasteiger partial charge in [-0.2, -0.15) is 0 Å². The lowest BCUT2D eigenvalue weighted by Crippen LogP contribution is -2.22. The molecule has 0 radical (unpaired) electrons. The number of rotatable bonds is 23. The molecule has 2 nitrogen and oxygen atoms in total. The predicted octanol–water partition coefficient (Wildman–Crippen LogP) is 8.10. The topological polar surface area (TPSA) is 18.5 Å². The Morgan fingerprint density at radius 1 is 0.556 bits per heavy atom. The zero-order chi connectivity index (χ0) is 19.8. The van der Waals surface area contributed by atoms with Crippen molar-refractivity contribution in [3.8, 4) is 0 Å². The van der Waals surface area contributed by atoms with Gasteiger partial charge in [0.15, 0.2) is 0 Å². The largest absolute Gasteiger partial charge is 0.397 e. The Balaban J connectivity index is 3.13. The molecule has 0 aromatic heterocycles. The third kappa shape index (κ3) is 22.0. The van der Waals surface area contributed by atoms with Gasteiger partial charge in [-0.05, 0) is 32.7 Å². The number of hydrogen-bond acceptors (Lipinski definition) is 2. The summed E-state index contributed by atoms with van der Waals surface area (Å²) in [5.74, 6) is 0. The number of allylic oxidation sites excluding steroid dienone is 1. The van der Waals surface area contributed by atoms with E-state index in [0.29, 0.717) is 0 Å². The zero-order valence-electron chi connectivity index (χ0n) is 18.8. The van der Waals surface area contributed by atoms with Gasteiger partial charge < -0.3 is 8.85 Å². The summed E-state index contributed by atoms with van der Waals surface area (Å²) in [6, 6.07) is 1.19. The Hall–Kier alpha value is -0.123. The highest BCUT2D eigenvalue weighted by Crippen LogP contribution is 2.15. The zero-order valence-corrected chi connectivity index (χ0v) is 20.0. The van der Waals surface area contributed by atoms with Crippen LogP contribution in [0.4, 0.5) is 0 Å². The Labute approximate surface area is 173 Å². The normalized spacial score (nSPS) is 11.4. The summed E-state index contributed by atoms with van der Waals surface area (Å²) in [5.41, 5.74) is 0. The van der Waals surface area contributed by atoms with Crippen LogP contribution >= 0.6 is 0 Å². The minimum absolute atomic E-state index is 0.812. The van der Waals surface area contributed by atoms with E-state index in [1.165, 1.54) is 115 Å². The van der Waals surface area contributed by atoms with Gasteiger partial charge in [-0.1, -0.05) is 102 Å². The van der Waals surface area contributed by atoms with Crippen LogP contribution in [-0.4, -0.2) is 22.5 Å². The first kappa shape index (κ1) is 26.9. The molecule has 0 fully saturated rings. The first-order valence-corrected chi connectivity index (χ1v) is 13.9. The molecule has 27 heavy (non-hydrogen) atoms. The molecule has 0 rings (SSSR count). The van der Waals surface area contributed by atoms with E-state index < -0.39 is 9.28 Å². The van der Waals surface area contributed by atoms with Gasteiger partial charge >= 0.3 is 9.28 Å². The van der Waals surface area contributed by atoms with Crippen molar-refractivity contribution in [2.45, 2.75) is 129 Å².